The van der Waals surface area contributed by atoms with Gasteiger partial charge in [0.25, 0.3) is 0 Å². The molecule has 2 aromatic heterocycles. The number of halogens is 4. The third-order valence-electron chi connectivity index (χ3n) is 11.8. The van der Waals surface area contributed by atoms with Crippen molar-refractivity contribution in [1.29, 1.82) is 0 Å². The highest BCUT2D eigenvalue weighted by Crippen LogP contribution is 2.45. The minimum atomic E-state index is -4.76. The van der Waals surface area contributed by atoms with E-state index in [-0.39, 0.29) is 42.2 Å². The van der Waals surface area contributed by atoms with Crippen molar-refractivity contribution in [3.63, 3.8) is 0 Å². The van der Waals surface area contributed by atoms with E-state index >= 15 is 0 Å². The number of ether oxygens (including phenoxy) is 2. The number of carboxylic acid groups (broad SMARTS) is 1. The number of hydrogen-bond acceptors (Lipinski definition) is 9. The first-order chi connectivity index (χ1) is 27.4. The average Bonchev–Trinajstić information content (AvgIpc) is 3.93. The summed E-state index contributed by atoms with van der Waals surface area (Å²) in [7, 11) is 2.94. The summed E-state index contributed by atoms with van der Waals surface area (Å²) >= 11 is 7.16. The molecule has 2 N–H and O–H groups in total. The lowest BCUT2D eigenvalue weighted by molar-refractivity contribution is -0.143. The molecule has 0 spiro atoms. The summed E-state index contributed by atoms with van der Waals surface area (Å²) in [5.41, 5.74) is 4.73. The number of carbonyl (C=O) groups excluding carboxylic acids is 1. The Labute approximate surface area is 335 Å². The molecule has 57 heavy (non-hydrogen) atoms. The molecule has 0 radical (unpaired) electrons. The zero-order valence-electron chi connectivity index (χ0n) is 32.3. The van der Waals surface area contributed by atoms with Gasteiger partial charge in [0, 0.05) is 48.7 Å². The molecule has 0 amide bonds. The van der Waals surface area contributed by atoms with Crippen LogP contribution in [-0.2, 0) is 41.7 Å². The average molecular weight is 806 g/mol. The Morgan fingerprint density at radius 3 is 2.40 bits per heavy atom. The van der Waals surface area contributed by atoms with Crippen LogP contribution < -0.4 is 14.8 Å². The molecule has 2 aromatic carbocycles. The Hall–Kier alpha value is -4.59. The minimum absolute atomic E-state index is 0.00531. The number of methoxy groups -OCH3 is 2. The lowest BCUT2D eigenvalue weighted by atomic mass is 9.91. The maximum absolute atomic E-state index is 14.7. The highest BCUT2D eigenvalue weighted by Gasteiger charge is 2.41. The molecule has 3 heterocycles. The summed E-state index contributed by atoms with van der Waals surface area (Å²) in [6.45, 7) is 3.61. The van der Waals surface area contributed by atoms with Gasteiger partial charge in [0.2, 0.25) is 11.8 Å². The molecule has 1 aliphatic heterocycles. The van der Waals surface area contributed by atoms with E-state index in [2.05, 4.69) is 15.3 Å². The van der Waals surface area contributed by atoms with Gasteiger partial charge in [-0.1, -0.05) is 61.0 Å². The maximum Gasteiger partial charge on any atom is 0.435 e. The predicted molar refractivity (Wildman–Crippen MR) is 209 cm³/mol. The number of aliphatic carboxylic acids is 1. The molecule has 1 saturated carbocycles. The van der Waals surface area contributed by atoms with Crippen LogP contribution in [0.3, 0.4) is 0 Å². The maximum atomic E-state index is 14.7. The number of Topliss-reactive ketones (excluding diaryl/α,β-unsaturated/α-hetero) is 1. The molecule has 2 aliphatic carbocycles. The van der Waals surface area contributed by atoms with Crippen LogP contribution in [0.15, 0.2) is 48.5 Å². The van der Waals surface area contributed by atoms with Gasteiger partial charge in [-0.15, -0.1) is 0 Å². The van der Waals surface area contributed by atoms with Crippen molar-refractivity contribution in [1.82, 2.24) is 25.2 Å². The lowest BCUT2D eigenvalue weighted by Crippen LogP contribution is -2.35. The Kier molecular flexibility index (Phi) is 12.2. The topological polar surface area (TPSA) is 127 Å². The van der Waals surface area contributed by atoms with Gasteiger partial charge in [-0.2, -0.15) is 13.2 Å². The first kappa shape index (κ1) is 40.6. The molecule has 1 saturated heterocycles. The number of carboxylic acids is 1. The van der Waals surface area contributed by atoms with Crippen molar-refractivity contribution >= 4 is 23.4 Å². The zero-order valence-corrected chi connectivity index (χ0v) is 33.1. The van der Waals surface area contributed by atoms with Crippen LogP contribution in [0.5, 0.6) is 11.8 Å². The zero-order chi connectivity index (χ0) is 40.4. The van der Waals surface area contributed by atoms with Crippen LogP contribution in [0.25, 0.3) is 22.4 Å². The van der Waals surface area contributed by atoms with Crippen molar-refractivity contribution in [2.75, 3.05) is 27.3 Å². The normalized spacial score (nSPS) is 20.9. The summed E-state index contributed by atoms with van der Waals surface area (Å²) < 4.78 is 55.2. The van der Waals surface area contributed by atoms with Crippen LogP contribution in [0.1, 0.15) is 85.1 Å². The molecule has 4 atom stereocenters. The number of carbonyl (C=O) groups is 2. The molecule has 2 unspecified atom stereocenters. The molecule has 10 nitrogen and oxygen atoms in total. The van der Waals surface area contributed by atoms with E-state index in [1.54, 1.807) is 7.11 Å². The van der Waals surface area contributed by atoms with Gasteiger partial charge in [0.1, 0.15) is 11.5 Å². The summed E-state index contributed by atoms with van der Waals surface area (Å²) in [5, 5.41) is 13.6. The quantitative estimate of drug-likeness (QED) is 0.129. The number of alkyl halides is 3. The fourth-order valence-electron chi connectivity index (χ4n) is 9.04. The third kappa shape index (κ3) is 8.51. The van der Waals surface area contributed by atoms with Gasteiger partial charge in [-0.25, -0.2) is 15.0 Å². The van der Waals surface area contributed by atoms with E-state index in [0.717, 1.165) is 46.3 Å². The van der Waals surface area contributed by atoms with Gasteiger partial charge >= 0.3 is 12.1 Å². The number of aromatic nitrogens is 3. The van der Waals surface area contributed by atoms with E-state index in [0.29, 0.717) is 79.9 Å². The summed E-state index contributed by atoms with van der Waals surface area (Å²) in [5.74, 6) is -0.600. The van der Waals surface area contributed by atoms with E-state index in [4.69, 9.17) is 26.1 Å². The van der Waals surface area contributed by atoms with Crippen LogP contribution in [0.2, 0.25) is 5.02 Å². The van der Waals surface area contributed by atoms with E-state index in [1.165, 1.54) is 7.11 Å². The smallest absolute Gasteiger partial charge is 0.435 e. The van der Waals surface area contributed by atoms with Crippen molar-refractivity contribution in [3.05, 3.63) is 87.3 Å². The Morgan fingerprint density at radius 2 is 1.70 bits per heavy atom. The number of hydrogen-bond donors (Lipinski definition) is 2. The van der Waals surface area contributed by atoms with Crippen LogP contribution in [-0.4, -0.2) is 70.1 Å². The summed E-state index contributed by atoms with van der Waals surface area (Å²) in [6.07, 6.45) is -0.362. The molecular formula is C43H47ClF3N5O5. The summed E-state index contributed by atoms with van der Waals surface area (Å²) in [6, 6.07) is 15.2. The van der Waals surface area contributed by atoms with Crippen molar-refractivity contribution < 1.29 is 37.3 Å². The van der Waals surface area contributed by atoms with Gasteiger partial charge in [-0.05, 0) is 86.2 Å². The molecule has 4 aromatic rings. The van der Waals surface area contributed by atoms with Crippen LogP contribution in [0, 0.1) is 11.8 Å². The van der Waals surface area contributed by atoms with Crippen LogP contribution >= 0.6 is 11.6 Å². The molecule has 3 aliphatic rings. The molecule has 302 valence electrons. The minimum Gasteiger partial charge on any atom is -0.481 e. The number of fused-ring (bicyclic) bond motifs is 1. The molecule has 14 heteroatoms. The predicted octanol–water partition coefficient (Wildman–Crippen LogP) is 8.31. The highest BCUT2D eigenvalue weighted by atomic mass is 35.5. The molecular weight excluding hydrogens is 759 g/mol. The molecule has 0 bridgehead atoms. The Bertz CT molecular complexity index is 2150. The van der Waals surface area contributed by atoms with Crippen molar-refractivity contribution in [2.24, 2.45) is 11.8 Å². The van der Waals surface area contributed by atoms with Gasteiger partial charge in [-0.3, -0.25) is 14.5 Å². The second-order valence-corrected chi connectivity index (χ2v) is 15.7. The van der Waals surface area contributed by atoms with Crippen LogP contribution in [0.4, 0.5) is 13.2 Å². The van der Waals surface area contributed by atoms with Crippen molar-refractivity contribution in [2.45, 2.75) is 89.5 Å². The number of rotatable bonds is 14. The second kappa shape index (κ2) is 17.1. The summed E-state index contributed by atoms with van der Waals surface area (Å²) in [4.78, 5) is 38.7. The number of nitrogens with one attached hydrogen (secondary N) is 1. The van der Waals surface area contributed by atoms with Gasteiger partial charge < -0.3 is 19.9 Å². The van der Waals surface area contributed by atoms with E-state index < -0.39 is 23.8 Å². The Balaban J connectivity index is 1.13. The van der Waals surface area contributed by atoms with E-state index in [9.17, 15) is 27.9 Å². The number of nitrogens with zero attached hydrogens (tertiary/aromatic N) is 4. The van der Waals surface area contributed by atoms with E-state index in [1.807, 2.05) is 60.4 Å². The SMILES string of the molecule is CCC1C(C(=O)O)CCN1Cc1nc(C(F)(F)F)c(C[C@H]2CCc3c(-c4cccc(-c5ccc(CNC[C@@H]6CCC(=O)C6)c(OC)n5)c4Cl)cccc32)nc1OC. The third-order valence-corrected chi connectivity index (χ3v) is 12.2. The fourth-order valence-corrected chi connectivity index (χ4v) is 9.37. The first-order valence-corrected chi connectivity index (χ1v) is 19.9. The Morgan fingerprint density at radius 1 is 0.947 bits per heavy atom. The standard InChI is InChI=1S/C43H47ClF3N5O5/c1-4-37-33(42(54)55)17-18-52(37)23-36-41(57-3)51-35(39(49-36)43(45,46)47)20-25-12-15-30-28(25)7-5-8-29(30)31-9-6-10-32(38(31)44)34-16-13-26(40(50-34)56-2)22-48-21-24-11-14-27(53)19-24/h5-10,13,16,24-25,33,37,48H,4,11-12,14-15,17-23H2,1-3H3,(H,54,55)/t24-,25-,33?,37?/m1/s1. The number of pyridine rings is 1. The number of benzene rings is 2. The van der Waals surface area contributed by atoms with Gasteiger partial charge in [0.05, 0.1) is 36.5 Å². The fraction of sp³-hybridized carbons (Fsp3) is 0.465. The molecule has 2 fully saturated rings. The largest absolute Gasteiger partial charge is 0.481 e. The van der Waals surface area contributed by atoms with Gasteiger partial charge in [0.15, 0.2) is 5.69 Å². The lowest BCUT2D eigenvalue weighted by Gasteiger charge is -2.26. The highest BCUT2D eigenvalue weighted by molar-refractivity contribution is 6.36. The number of likely N-dealkylation sites (tertiary alicyclic amines) is 1. The number of ketones is 1. The first-order valence-electron chi connectivity index (χ1n) is 19.5. The second-order valence-electron chi connectivity index (χ2n) is 15.3. The monoisotopic (exact) mass is 805 g/mol. The van der Waals surface area contributed by atoms with Crippen molar-refractivity contribution in [3.8, 4) is 34.1 Å². The molecule has 7 rings (SSSR count).